The van der Waals surface area contributed by atoms with Crippen molar-refractivity contribution in [2.24, 2.45) is 5.84 Å². The van der Waals surface area contributed by atoms with Gasteiger partial charge in [0, 0.05) is 13.1 Å². The molecule has 1 aliphatic rings. The fraction of sp³-hybridized carbons (Fsp3) is 0.545. The molecule has 1 unspecified atom stereocenters. The molecular weight excluding hydrogens is 222 g/mol. The van der Waals surface area contributed by atoms with Gasteiger partial charge in [-0.25, -0.2) is 5.84 Å². The first-order valence-electron chi connectivity index (χ1n) is 5.62. The smallest absolute Gasteiger partial charge is 0.300 e. The number of rotatable bonds is 3. The molecule has 1 atom stereocenters. The summed E-state index contributed by atoms with van der Waals surface area (Å²) < 4.78 is 10.9. The molecule has 6 heteroatoms. The summed E-state index contributed by atoms with van der Waals surface area (Å²) in [4.78, 5) is 13.4. The quantitative estimate of drug-likeness (QED) is 0.444. The topological polar surface area (TPSA) is 80.7 Å². The third-order valence-corrected chi connectivity index (χ3v) is 2.72. The third-order valence-electron chi connectivity index (χ3n) is 2.72. The average molecular weight is 239 g/mol. The maximum atomic E-state index is 11.2. The zero-order valence-corrected chi connectivity index (χ0v) is 9.81. The van der Waals surface area contributed by atoms with Crippen LogP contribution in [0.2, 0.25) is 0 Å². The molecule has 1 saturated heterocycles. The fourth-order valence-electron chi connectivity index (χ4n) is 1.91. The Hall–Kier alpha value is -1.37. The number of ether oxygens (including phenoxy) is 1. The molecule has 1 aromatic heterocycles. The second-order valence-electron chi connectivity index (χ2n) is 4.16. The number of amides is 1. The number of carbonyl (C=O) groups excluding carboxylic acids is 1. The van der Waals surface area contributed by atoms with Gasteiger partial charge in [-0.2, -0.15) is 0 Å². The Kier molecular flexibility index (Phi) is 3.78. The van der Waals surface area contributed by atoms with Crippen LogP contribution in [-0.4, -0.2) is 36.6 Å². The van der Waals surface area contributed by atoms with Crippen LogP contribution in [0.25, 0.3) is 0 Å². The van der Waals surface area contributed by atoms with E-state index in [1.54, 1.807) is 12.1 Å². The number of morpholine rings is 1. The standard InChI is InChI=1S/C11H17N3O3/c1-8-6-14(4-5-16-8)7-9-2-3-10(17-9)11(15)13-12/h2-3,8H,4-7,12H2,1H3,(H,13,15). The highest BCUT2D eigenvalue weighted by Crippen LogP contribution is 2.13. The fourth-order valence-corrected chi connectivity index (χ4v) is 1.91. The van der Waals surface area contributed by atoms with E-state index < -0.39 is 5.91 Å². The lowest BCUT2D eigenvalue weighted by Crippen LogP contribution is -2.40. The first-order valence-corrected chi connectivity index (χ1v) is 5.62. The summed E-state index contributed by atoms with van der Waals surface area (Å²) in [6.45, 7) is 5.22. The number of hydrogen-bond acceptors (Lipinski definition) is 5. The Bertz CT molecular complexity index is 391. The minimum Gasteiger partial charge on any atom is -0.455 e. The van der Waals surface area contributed by atoms with Crippen molar-refractivity contribution in [3.63, 3.8) is 0 Å². The van der Waals surface area contributed by atoms with E-state index in [1.165, 1.54) is 0 Å². The number of hydrazine groups is 1. The molecule has 3 N–H and O–H groups in total. The highest BCUT2D eigenvalue weighted by atomic mass is 16.5. The van der Waals surface area contributed by atoms with E-state index in [0.29, 0.717) is 6.54 Å². The molecule has 0 bridgehead atoms. The number of furan rings is 1. The Balaban J connectivity index is 1.94. The number of nitrogen functional groups attached to an aromatic ring is 1. The molecule has 6 nitrogen and oxygen atoms in total. The number of nitrogens with one attached hydrogen (secondary N) is 1. The van der Waals surface area contributed by atoms with Crippen LogP contribution in [0.15, 0.2) is 16.5 Å². The monoisotopic (exact) mass is 239 g/mol. The van der Waals surface area contributed by atoms with Gasteiger partial charge in [0.2, 0.25) is 0 Å². The van der Waals surface area contributed by atoms with Crippen LogP contribution in [-0.2, 0) is 11.3 Å². The van der Waals surface area contributed by atoms with Gasteiger partial charge in [0.25, 0.3) is 0 Å². The molecule has 1 aliphatic heterocycles. The van der Waals surface area contributed by atoms with E-state index in [9.17, 15) is 4.79 Å². The molecule has 0 radical (unpaired) electrons. The van der Waals surface area contributed by atoms with Gasteiger partial charge in [-0.1, -0.05) is 0 Å². The van der Waals surface area contributed by atoms with Crippen LogP contribution in [0.5, 0.6) is 0 Å². The molecule has 1 aromatic rings. The number of nitrogens with two attached hydrogens (primary N) is 1. The van der Waals surface area contributed by atoms with Crippen molar-refractivity contribution < 1.29 is 13.9 Å². The van der Waals surface area contributed by atoms with Crippen molar-refractivity contribution in [2.75, 3.05) is 19.7 Å². The molecule has 2 rings (SSSR count). The zero-order chi connectivity index (χ0) is 12.3. The highest BCUT2D eigenvalue weighted by Gasteiger charge is 2.18. The molecule has 94 valence electrons. The molecule has 1 fully saturated rings. The second-order valence-corrected chi connectivity index (χ2v) is 4.16. The summed E-state index contributed by atoms with van der Waals surface area (Å²) in [5.74, 6) is 5.62. The van der Waals surface area contributed by atoms with Crippen LogP contribution in [0.4, 0.5) is 0 Å². The lowest BCUT2D eigenvalue weighted by molar-refractivity contribution is -0.0231. The molecule has 0 spiro atoms. The van der Waals surface area contributed by atoms with Gasteiger partial charge in [-0.3, -0.25) is 15.1 Å². The second kappa shape index (κ2) is 5.31. The molecule has 0 aromatic carbocycles. The van der Waals surface area contributed by atoms with E-state index in [2.05, 4.69) is 4.90 Å². The lowest BCUT2D eigenvalue weighted by Gasteiger charge is -2.30. The van der Waals surface area contributed by atoms with Crippen LogP contribution < -0.4 is 11.3 Å². The van der Waals surface area contributed by atoms with Gasteiger partial charge in [0.1, 0.15) is 5.76 Å². The first kappa shape index (κ1) is 12.1. The van der Waals surface area contributed by atoms with Gasteiger partial charge < -0.3 is 9.15 Å². The van der Waals surface area contributed by atoms with Crippen molar-refractivity contribution in [3.05, 3.63) is 23.7 Å². The number of nitrogens with zero attached hydrogens (tertiary/aromatic N) is 1. The SMILES string of the molecule is CC1CN(Cc2ccc(C(=O)NN)o2)CCO1. The molecule has 0 saturated carbocycles. The van der Waals surface area contributed by atoms with E-state index in [4.69, 9.17) is 15.0 Å². The van der Waals surface area contributed by atoms with Gasteiger partial charge in [-0.15, -0.1) is 0 Å². The Morgan fingerprint density at radius 2 is 2.47 bits per heavy atom. The largest absolute Gasteiger partial charge is 0.455 e. The first-order chi connectivity index (χ1) is 8.19. The summed E-state index contributed by atoms with van der Waals surface area (Å²) >= 11 is 0. The van der Waals surface area contributed by atoms with Crippen LogP contribution in [0, 0.1) is 0 Å². The van der Waals surface area contributed by atoms with Crippen molar-refractivity contribution in [1.29, 1.82) is 0 Å². The van der Waals surface area contributed by atoms with E-state index >= 15 is 0 Å². The minimum absolute atomic E-state index is 0.240. The van der Waals surface area contributed by atoms with Gasteiger partial charge in [0.05, 0.1) is 19.3 Å². The Labute approximate surface area is 99.7 Å². The van der Waals surface area contributed by atoms with Crippen LogP contribution in [0.1, 0.15) is 23.2 Å². The van der Waals surface area contributed by atoms with E-state index in [0.717, 1.165) is 25.5 Å². The van der Waals surface area contributed by atoms with Gasteiger partial charge in [0.15, 0.2) is 5.76 Å². The average Bonchev–Trinajstić information content (AvgIpc) is 2.76. The molecule has 2 heterocycles. The third kappa shape index (κ3) is 3.06. The van der Waals surface area contributed by atoms with Crippen LogP contribution in [0.3, 0.4) is 0 Å². The Morgan fingerprint density at radius 3 is 3.18 bits per heavy atom. The summed E-state index contributed by atoms with van der Waals surface area (Å²) in [6.07, 6.45) is 0.241. The van der Waals surface area contributed by atoms with Gasteiger partial charge in [-0.05, 0) is 19.1 Å². The number of carbonyl (C=O) groups is 1. The van der Waals surface area contributed by atoms with Crippen molar-refractivity contribution in [3.8, 4) is 0 Å². The normalized spacial score (nSPS) is 21.4. The predicted molar refractivity (Wildman–Crippen MR) is 61.1 cm³/mol. The summed E-state index contributed by atoms with van der Waals surface area (Å²) in [7, 11) is 0. The predicted octanol–water partition coefficient (Wildman–Crippen LogP) is 0.104. The molecule has 1 amide bonds. The summed E-state index contributed by atoms with van der Waals surface area (Å²) in [6, 6.07) is 3.42. The van der Waals surface area contributed by atoms with E-state index in [1.807, 2.05) is 12.3 Å². The maximum Gasteiger partial charge on any atom is 0.300 e. The molecule has 0 aliphatic carbocycles. The van der Waals surface area contributed by atoms with E-state index in [-0.39, 0.29) is 11.9 Å². The van der Waals surface area contributed by atoms with Gasteiger partial charge >= 0.3 is 5.91 Å². The zero-order valence-electron chi connectivity index (χ0n) is 9.81. The van der Waals surface area contributed by atoms with Crippen molar-refractivity contribution >= 4 is 5.91 Å². The summed E-state index contributed by atoms with van der Waals surface area (Å²) in [5.41, 5.74) is 2.04. The van der Waals surface area contributed by atoms with Crippen molar-refractivity contribution in [2.45, 2.75) is 19.6 Å². The molecular formula is C11H17N3O3. The number of hydrogen-bond donors (Lipinski definition) is 2. The van der Waals surface area contributed by atoms with Crippen molar-refractivity contribution in [1.82, 2.24) is 10.3 Å². The highest BCUT2D eigenvalue weighted by molar-refractivity contribution is 5.90. The lowest BCUT2D eigenvalue weighted by atomic mass is 10.3. The maximum absolute atomic E-state index is 11.2. The Morgan fingerprint density at radius 1 is 1.65 bits per heavy atom. The minimum atomic E-state index is -0.411. The van der Waals surface area contributed by atoms with Crippen LogP contribution >= 0.6 is 0 Å². The summed E-state index contributed by atoms with van der Waals surface area (Å²) in [5, 5.41) is 0. The molecule has 17 heavy (non-hydrogen) atoms.